The summed E-state index contributed by atoms with van der Waals surface area (Å²) in [7, 11) is 0. The Hall–Kier alpha value is -0.640. The monoisotopic (exact) mass is 327 g/mol. The Morgan fingerprint density at radius 1 is 1.12 bits per heavy atom. The van der Waals surface area contributed by atoms with Crippen LogP contribution < -0.4 is 5.73 Å². The van der Waals surface area contributed by atoms with E-state index in [4.69, 9.17) is 17.3 Å². The van der Waals surface area contributed by atoms with Gasteiger partial charge in [-0.2, -0.15) is 0 Å². The second kappa shape index (κ2) is 5.80. The number of thioether (sulfide) groups is 1. The number of nitrogens with two attached hydrogens (primary N) is 1. The Labute approximate surface area is 118 Å². The summed E-state index contributed by atoms with van der Waals surface area (Å²) in [4.78, 5) is 1.24. The summed E-state index contributed by atoms with van der Waals surface area (Å²) in [5, 5.41) is 0.613. The van der Waals surface area contributed by atoms with Crippen molar-refractivity contribution in [2.24, 2.45) is 0 Å². The smallest absolute Gasteiger partial charge is 0.0635 e. The summed E-state index contributed by atoms with van der Waals surface area (Å²) < 4.78 is 1.09. The summed E-state index contributed by atoms with van der Waals surface area (Å²) in [6, 6.07) is 14.0. The van der Waals surface area contributed by atoms with E-state index >= 15 is 0 Å². The van der Waals surface area contributed by atoms with Gasteiger partial charge in [0.25, 0.3) is 0 Å². The van der Waals surface area contributed by atoms with Gasteiger partial charge in [-0.1, -0.05) is 33.6 Å². The zero-order chi connectivity index (χ0) is 12.3. The fourth-order valence-corrected chi connectivity index (χ4v) is 2.60. The lowest BCUT2D eigenvalue weighted by molar-refractivity contribution is 1.38. The van der Waals surface area contributed by atoms with Crippen LogP contribution >= 0.6 is 39.3 Å². The highest BCUT2D eigenvalue weighted by Gasteiger charge is 2.00. The molecule has 2 rings (SSSR count). The lowest BCUT2D eigenvalue weighted by Gasteiger charge is -2.04. The molecule has 0 spiro atoms. The van der Waals surface area contributed by atoms with Gasteiger partial charge in [-0.3, -0.25) is 0 Å². The molecule has 0 aliphatic heterocycles. The van der Waals surface area contributed by atoms with E-state index in [0.29, 0.717) is 10.7 Å². The second-order valence-corrected chi connectivity index (χ2v) is 5.97. The van der Waals surface area contributed by atoms with Crippen LogP contribution in [0.3, 0.4) is 0 Å². The first-order valence-corrected chi connectivity index (χ1v) is 7.23. The zero-order valence-corrected chi connectivity index (χ0v) is 12.1. The molecule has 0 heterocycles. The topological polar surface area (TPSA) is 26.0 Å². The maximum absolute atomic E-state index is 5.88. The Morgan fingerprint density at radius 3 is 2.47 bits per heavy atom. The van der Waals surface area contributed by atoms with Crippen LogP contribution in [0.15, 0.2) is 51.8 Å². The quantitative estimate of drug-likeness (QED) is 0.635. The van der Waals surface area contributed by atoms with Crippen LogP contribution in [0.1, 0.15) is 5.56 Å². The fraction of sp³-hybridized carbons (Fsp3) is 0.0769. The molecule has 88 valence electrons. The molecule has 0 unspecified atom stereocenters. The van der Waals surface area contributed by atoms with Crippen molar-refractivity contribution in [2.45, 2.75) is 10.6 Å². The minimum atomic E-state index is 0.613. The Bertz CT molecular complexity index is 513. The van der Waals surface area contributed by atoms with E-state index in [1.165, 1.54) is 10.5 Å². The minimum Gasteiger partial charge on any atom is -0.398 e. The first kappa shape index (κ1) is 12.8. The zero-order valence-electron chi connectivity index (χ0n) is 8.99. The standard InChI is InChI=1S/C13H11BrClNS/c14-10-2-4-11(5-3-10)17-8-9-1-6-12(15)13(16)7-9/h1-7H,8,16H2. The molecule has 4 heteroatoms. The lowest BCUT2D eigenvalue weighted by atomic mass is 10.2. The molecule has 0 saturated heterocycles. The number of nitrogen functional groups attached to an aromatic ring is 1. The predicted octanol–water partition coefficient (Wildman–Crippen LogP) is 4.98. The van der Waals surface area contributed by atoms with E-state index in [9.17, 15) is 0 Å². The maximum atomic E-state index is 5.88. The van der Waals surface area contributed by atoms with E-state index in [1.807, 2.05) is 30.3 Å². The number of benzene rings is 2. The first-order valence-electron chi connectivity index (χ1n) is 5.07. The molecule has 17 heavy (non-hydrogen) atoms. The van der Waals surface area contributed by atoms with Crippen LogP contribution in [0, 0.1) is 0 Å². The molecule has 2 N–H and O–H groups in total. The van der Waals surface area contributed by atoms with Crippen LogP contribution in [0.25, 0.3) is 0 Å². The third kappa shape index (κ3) is 3.66. The third-order valence-corrected chi connectivity index (χ3v) is 4.24. The number of hydrogen-bond acceptors (Lipinski definition) is 2. The molecular weight excluding hydrogens is 318 g/mol. The summed E-state index contributed by atoms with van der Waals surface area (Å²) in [5.41, 5.74) is 7.58. The molecule has 0 aliphatic rings. The molecule has 2 aromatic carbocycles. The van der Waals surface area contributed by atoms with Crippen molar-refractivity contribution in [1.29, 1.82) is 0 Å². The van der Waals surface area contributed by atoms with Gasteiger partial charge in [0.1, 0.15) is 0 Å². The highest BCUT2D eigenvalue weighted by atomic mass is 79.9. The van der Waals surface area contributed by atoms with Gasteiger partial charge in [0.15, 0.2) is 0 Å². The van der Waals surface area contributed by atoms with Crippen LogP contribution in [0.2, 0.25) is 5.02 Å². The average molecular weight is 329 g/mol. The first-order chi connectivity index (χ1) is 8.15. The number of hydrogen-bond donors (Lipinski definition) is 1. The van der Waals surface area contributed by atoms with Crippen molar-refractivity contribution in [2.75, 3.05) is 5.73 Å². The molecule has 0 bridgehead atoms. The van der Waals surface area contributed by atoms with Gasteiger partial charge < -0.3 is 5.73 Å². The number of rotatable bonds is 3. The third-order valence-electron chi connectivity index (χ3n) is 2.28. The average Bonchev–Trinajstić information content (AvgIpc) is 2.33. The largest absolute Gasteiger partial charge is 0.398 e. The van der Waals surface area contributed by atoms with Crippen molar-refractivity contribution in [3.63, 3.8) is 0 Å². The Balaban J connectivity index is 2.02. The van der Waals surface area contributed by atoms with Crippen LogP contribution in [0.5, 0.6) is 0 Å². The van der Waals surface area contributed by atoms with Gasteiger partial charge in [0.05, 0.1) is 10.7 Å². The van der Waals surface area contributed by atoms with Crippen molar-refractivity contribution in [3.8, 4) is 0 Å². The van der Waals surface area contributed by atoms with Gasteiger partial charge >= 0.3 is 0 Å². The molecule has 0 aliphatic carbocycles. The van der Waals surface area contributed by atoms with Gasteiger partial charge in [-0.15, -0.1) is 11.8 Å². The van der Waals surface area contributed by atoms with E-state index in [1.54, 1.807) is 11.8 Å². The summed E-state index contributed by atoms with van der Waals surface area (Å²) >= 11 is 11.1. The Kier molecular flexibility index (Phi) is 4.37. The molecule has 0 radical (unpaired) electrons. The van der Waals surface area contributed by atoms with E-state index in [-0.39, 0.29) is 0 Å². The number of halogens is 2. The number of anilines is 1. The molecular formula is C13H11BrClNS. The van der Waals surface area contributed by atoms with Gasteiger partial charge in [0, 0.05) is 15.1 Å². The second-order valence-electron chi connectivity index (χ2n) is 3.60. The van der Waals surface area contributed by atoms with Gasteiger partial charge in [-0.05, 0) is 42.0 Å². The van der Waals surface area contributed by atoms with Crippen LogP contribution in [-0.2, 0) is 5.75 Å². The molecule has 0 saturated carbocycles. The van der Waals surface area contributed by atoms with Crippen molar-refractivity contribution in [3.05, 3.63) is 57.5 Å². The van der Waals surface area contributed by atoms with E-state index < -0.39 is 0 Å². The van der Waals surface area contributed by atoms with Crippen LogP contribution in [0.4, 0.5) is 5.69 Å². The van der Waals surface area contributed by atoms with Crippen molar-refractivity contribution in [1.82, 2.24) is 0 Å². The normalized spacial score (nSPS) is 10.5. The van der Waals surface area contributed by atoms with E-state index in [2.05, 4.69) is 28.1 Å². The molecule has 2 aromatic rings. The van der Waals surface area contributed by atoms with Gasteiger partial charge in [-0.25, -0.2) is 0 Å². The highest BCUT2D eigenvalue weighted by Crippen LogP contribution is 2.27. The maximum Gasteiger partial charge on any atom is 0.0635 e. The predicted molar refractivity (Wildman–Crippen MR) is 79.6 cm³/mol. The van der Waals surface area contributed by atoms with Crippen molar-refractivity contribution < 1.29 is 0 Å². The fourth-order valence-electron chi connectivity index (χ4n) is 1.38. The molecule has 0 aromatic heterocycles. The SMILES string of the molecule is Nc1cc(CSc2ccc(Br)cc2)ccc1Cl. The van der Waals surface area contributed by atoms with Crippen molar-refractivity contribution >= 4 is 45.0 Å². The highest BCUT2D eigenvalue weighted by molar-refractivity contribution is 9.10. The molecule has 0 atom stereocenters. The minimum absolute atomic E-state index is 0.613. The Morgan fingerprint density at radius 2 is 1.82 bits per heavy atom. The summed E-state index contributed by atoms with van der Waals surface area (Å²) in [5.74, 6) is 0.892. The van der Waals surface area contributed by atoms with E-state index in [0.717, 1.165) is 10.2 Å². The molecule has 1 nitrogen and oxygen atoms in total. The summed E-state index contributed by atoms with van der Waals surface area (Å²) in [6.45, 7) is 0. The van der Waals surface area contributed by atoms with Gasteiger partial charge in [0.2, 0.25) is 0 Å². The molecule has 0 fully saturated rings. The molecule has 0 amide bonds. The summed E-state index contributed by atoms with van der Waals surface area (Å²) in [6.07, 6.45) is 0. The lowest BCUT2D eigenvalue weighted by Crippen LogP contribution is -1.88. The van der Waals surface area contributed by atoms with Crippen LogP contribution in [-0.4, -0.2) is 0 Å².